The molecule has 0 aromatic rings. The molecule has 0 heterocycles. The van der Waals surface area contributed by atoms with Gasteiger partial charge in [0, 0.05) is 6.42 Å². The molecular weight excluding hydrogens is 154 g/mol. The summed E-state index contributed by atoms with van der Waals surface area (Å²) >= 11 is 0. The van der Waals surface area contributed by atoms with Crippen LogP contribution in [0.3, 0.4) is 0 Å². The lowest BCUT2D eigenvalue weighted by Gasteiger charge is -2.01. The lowest BCUT2D eigenvalue weighted by molar-refractivity contribution is -0.137. The predicted octanol–water partition coefficient (Wildman–Crippen LogP) is 1.63. The first-order chi connectivity index (χ1) is 5.77. The molecule has 0 aliphatic heterocycles. The van der Waals surface area contributed by atoms with Crippen molar-refractivity contribution in [3.05, 3.63) is 0 Å². The van der Waals surface area contributed by atoms with Crippen LogP contribution in [0.2, 0.25) is 0 Å². The third kappa shape index (κ3) is 9.43. The summed E-state index contributed by atoms with van der Waals surface area (Å²) in [5, 5.41) is 11.6. The van der Waals surface area contributed by atoms with Crippen LogP contribution in [0.5, 0.6) is 0 Å². The molecule has 0 radical (unpaired) electrons. The number of unbranched alkanes of at least 4 members (excludes halogenated alkanes) is 2. The van der Waals surface area contributed by atoms with E-state index in [4.69, 9.17) is 5.11 Å². The Morgan fingerprint density at radius 1 is 1.25 bits per heavy atom. The fourth-order valence-electron chi connectivity index (χ4n) is 1.00. The molecular formula is C9H19NO2. The van der Waals surface area contributed by atoms with Gasteiger partial charge in [0.25, 0.3) is 0 Å². The second-order valence-corrected chi connectivity index (χ2v) is 2.95. The van der Waals surface area contributed by atoms with Crippen LogP contribution < -0.4 is 5.32 Å². The topological polar surface area (TPSA) is 49.3 Å². The minimum Gasteiger partial charge on any atom is -0.481 e. The fraction of sp³-hybridized carbons (Fsp3) is 0.889. The van der Waals surface area contributed by atoms with E-state index in [0.29, 0.717) is 6.42 Å². The zero-order valence-corrected chi connectivity index (χ0v) is 7.81. The van der Waals surface area contributed by atoms with Crippen molar-refractivity contribution in [3.8, 4) is 0 Å². The van der Waals surface area contributed by atoms with Crippen molar-refractivity contribution in [2.45, 2.75) is 39.0 Å². The second-order valence-electron chi connectivity index (χ2n) is 2.95. The molecule has 0 saturated heterocycles. The van der Waals surface area contributed by atoms with Gasteiger partial charge in [-0.1, -0.05) is 13.3 Å². The smallest absolute Gasteiger partial charge is 0.303 e. The van der Waals surface area contributed by atoms with Crippen molar-refractivity contribution in [1.29, 1.82) is 0 Å². The molecule has 72 valence electrons. The molecule has 0 aromatic carbocycles. The maximum atomic E-state index is 10.1. The molecule has 3 heteroatoms. The highest BCUT2D eigenvalue weighted by Gasteiger charge is 1.95. The molecule has 0 bridgehead atoms. The number of rotatable bonds is 8. The molecule has 0 aliphatic rings. The Balaban J connectivity index is 2.86. The van der Waals surface area contributed by atoms with Gasteiger partial charge in [-0.05, 0) is 32.4 Å². The minimum atomic E-state index is -0.684. The molecule has 0 amide bonds. The molecule has 0 aliphatic carbocycles. The van der Waals surface area contributed by atoms with E-state index in [9.17, 15) is 4.79 Å². The number of carbonyl (C=O) groups is 1. The van der Waals surface area contributed by atoms with Crippen LogP contribution >= 0.6 is 0 Å². The number of hydrogen-bond donors (Lipinski definition) is 2. The second kappa shape index (κ2) is 8.53. The lowest BCUT2D eigenvalue weighted by Crippen LogP contribution is -2.15. The maximum Gasteiger partial charge on any atom is 0.303 e. The zero-order chi connectivity index (χ0) is 9.23. The average Bonchev–Trinajstić information content (AvgIpc) is 2.02. The van der Waals surface area contributed by atoms with Crippen LogP contribution in [-0.4, -0.2) is 24.2 Å². The van der Waals surface area contributed by atoms with Crippen molar-refractivity contribution >= 4 is 5.97 Å². The van der Waals surface area contributed by atoms with Crippen LogP contribution in [0.4, 0.5) is 0 Å². The monoisotopic (exact) mass is 173 g/mol. The van der Waals surface area contributed by atoms with Crippen LogP contribution in [0.25, 0.3) is 0 Å². The van der Waals surface area contributed by atoms with E-state index in [1.165, 1.54) is 0 Å². The number of aliphatic carboxylic acids is 1. The van der Waals surface area contributed by atoms with E-state index < -0.39 is 5.97 Å². The Bertz CT molecular complexity index is 115. The van der Waals surface area contributed by atoms with Gasteiger partial charge in [-0.25, -0.2) is 0 Å². The standard InChI is InChI=1S/C9H19NO2/c1-2-7-10-8-5-3-4-6-9(11)12/h10H,2-8H2,1H3,(H,11,12). The summed E-state index contributed by atoms with van der Waals surface area (Å²) in [6, 6.07) is 0. The van der Waals surface area contributed by atoms with E-state index in [-0.39, 0.29) is 0 Å². The molecule has 0 spiro atoms. The highest BCUT2D eigenvalue weighted by atomic mass is 16.4. The summed E-state index contributed by atoms with van der Waals surface area (Å²) in [6.45, 7) is 4.23. The van der Waals surface area contributed by atoms with Crippen molar-refractivity contribution in [2.24, 2.45) is 0 Å². The highest BCUT2D eigenvalue weighted by Crippen LogP contribution is 1.98. The molecule has 0 fully saturated rings. The van der Waals surface area contributed by atoms with Crippen LogP contribution in [-0.2, 0) is 4.79 Å². The summed E-state index contributed by atoms with van der Waals surface area (Å²) in [6.07, 6.45) is 4.39. The zero-order valence-electron chi connectivity index (χ0n) is 7.81. The summed E-state index contributed by atoms with van der Waals surface area (Å²) < 4.78 is 0. The van der Waals surface area contributed by atoms with E-state index in [0.717, 1.165) is 38.8 Å². The van der Waals surface area contributed by atoms with Gasteiger partial charge < -0.3 is 10.4 Å². The molecule has 0 unspecified atom stereocenters. The molecule has 2 N–H and O–H groups in total. The lowest BCUT2D eigenvalue weighted by atomic mass is 10.2. The van der Waals surface area contributed by atoms with E-state index in [2.05, 4.69) is 12.2 Å². The highest BCUT2D eigenvalue weighted by molar-refractivity contribution is 5.66. The van der Waals surface area contributed by atoms with Gasteiger partial charge in [-0.3, -0.25) is 4.79 Å². The van der Waals surface area contributed by atoms with Gasteiger partial charge in [0.2, 0.25) is 0 Å². The van der Waals surface area contributed by atoms with Gasteiger partial charge in [0.15, 0.2) is 0 Å². The normalized spacial score (nSPS) is 10.1. The molecule has 0 rings (SSSR count). The number of carboxylic acid groups (broad SMARTS) is 1. The summed E-state index contributed by atoms with van der Waals surface area (Å²) in [7, 11) is 0. The summed E-state index contributed by atoms with van der Waals surface area (Å²) in [5.74, 6) is -0.684. The SMILES string of the molecule is CCCNCCCCCC(=O)O. The Kier molecular flexibility index (Phi) is 8.12. The minimum absolute atomic E-state index is 0.313. The van der Waals surface area contributed by atoms with Crippen molar-refractivity contribution in [1.82, 2.24) is 5.32 Å². The first-order valence-electron chi connectivity index (χ1n) is 4.70. The fourth-order valence-corrected chi connectivity index (χ4v) is 1.00. The molecule has 0 aromatic heterocycles. The third-order valence-corrected chi connectivity index (χ3v) is 1.67. The first-order valence-corrected chi connectivity index (χ1v) is 4.70. The average molecular weight is 173 g/mol. The Morgan fingerprint density at radius 3 is 2.58 bits per heavy atom. The van der Waals surface area contributed by atoms with Gasteiger partial charge in [-0.2, -0.15) is 0 Å². The van der Waals surface area contributed by atoms with Gasteiger partial charge >= 0.3 is 5.97 Å². The van der Waals surface area contributed by atoms with Gasteiger partial charge in [0.05, 0.1) is 0 Å². The Hall–Kier alpha value is -0.570. The maximum absolute atomic E-state index is 10.1. The number of carboxylic acids is 1. The van der Waals surface area contributed by atoms with E-state index in [1.54, 1.807) is 0 Å². The van der Waals surface area contributed by atoms with Crippen molar-refractivity contribution in [3.63, 3.8) is 0 Å². The Labute approximate surface area is 74.2 Å². The van der Waals surface area contributed by atoms with Gasteiger partial charge in [-0.15, -0.1) is 0 Å². The molecule has 12 heavy (non-hydrogen) atoms. The molecule has 0 saturated carbocycles. The van der Waals surface area contributed by atoms with Crippen LogP contribution in [0.15, 0.2) is 0 Å². The third-order valence-electron chi connectivity index (χ3n) is 1.67. The van der Waals surface area contributed by atoms with E-state index >= 15 is 0 Å². The quantitative estimate of drug-likeness (QED) is 0.548. The Morgan fingerprint density at radius 2 is 2.00 bits per heavy atom. The van der Waals surface area contributed by atoms with Crippen LogP contribution in [0.1, 0.15) is 39.0 Å². The molecule has 3 nitrogen and oxygen atoms in total. The predicted molar refractivity (Wildman–Crippen MR) is 49.3 cm³/mol. The summed E-state index contributed by atoms with van der Waals surface area (Å²) in [4.78, 5) is 10.1. The summed E-state index contributed by atoms with van der Waals surface area (Å²) in [5.41, 5.74) is 0. The van der Waals surface area contributed by atoms with Gasteiger partial charge in [0.1, 0.15) is 0 Å². The first kappa shape index (κ1) is 11.4. The van der Waals surface area contributed by atoms with Crippen LogP contribution in [0, 0.1) is 0 Å². The molecule has 0 atom stereocenters. The van der Waals surface area contributed by atoms with Crippen molar-refractivity contribution in [2.75, 3.05) is 13.1 Å². The number of hydrogen-bond acceptors (Lipinski definition) is 2. The largest absolute Gasteiger partial charge is 0.481 e. The number of nitrogens with one attached hydrogen (secondary N) is 1. The van der Waals surface area contributed by atoms with Crippen molar-refractivity contribution < 1.29 is 9.90 Å². The van der Waals surface area contributed by atoms with E-state index in [1.807, 2.05) is 0 Å².